The second kappa shape index (κ2) is 6.90. The number of hydrogen-bond acceptors (Lipinski definition) is 2. The van der Waals surface area contributed by atoms with Crippen molar-refractivity contribution in [2.24, 2.45) is 0 Å². The molecule has 3 nitrogen and oxygen atoms in total. The number of rotatable bonds is 5. The Bertz CT molecular complexity index is 436. The summed E-state index contributed by atoms with van der Waals surface area (Å²) in [6.45, 7) is 10.2. The predicted molar refractivity (Wildman–Crippen MR) is 79.4 cm³/mol. The first-order valence-corrected chi connectivity index (χ1v) is 7.19. The van der Waals surface area contributed by atoms with Gasteiger partial charge in [-0.2, -0.15) is 0 Å². The molecule has 0 spiro atoms. The third-order valence-electron chi connectivity index (χ3n) is 3.16. The largest absolute Gasteiger partial charge is 0.338 e. The van der Waals surface area contributed by atoms with Crippen LogP contribution in [0.15, 0.2) is 12.3 Å². The van der Waals surface area contributed by atoms with Crippen molar-refractivity contribution in [2.75, 3.05) is 0 Å². The molecule has 0 aliphatic heterocycles. The van der Waals surface area contributed by atoms with Crippen LogP contribution in [0.2, 0.25) is 5.02 Å². The second-order valence-corrected chi connectivity index (χ2v) is 5.64. The predicted octanol–water partition coefficient (Wildman–Crippen LogP) is 3.49. The summed E-state index contributed by atoms with van der Waals surface area (Å²) in [5, 5.41) is 0.695. The summed E-state index contributed by atoms with van der Waals surface area (Å²) in [4.78, 5) is 18.6. The molecule has 0 radical (unpaired) electrons. The first-order valence-electron chi connectivity index (χ1n) is 6.81. The lowest BCUT2D eigenvalue weighted by atomic mass is 10.1. The van der Waals surface area contributed by atoms with Crippen LogP contribution in [0.3, 0.4) is 0 Å². The monoisotopic (exact) mass is 282 g/mol. The van der Waals surface area contributed by atoms with E-state index in [1.807, 2.05) is 39.5 Å². The molecule has 0 aromatic carbocycles. The maximum atomic E-state index is 12.4. The molecule has 1 heterocycles. The van der Waals surface area contributed by atoms with Gasteiger partial charge in [0, 0.05) is 23.3 Å². The van der Waals surface area contributed by atoms with Gasteiger partial charge < -0.3 is 4.90 Å². The summed E-state index contributed by atoms with van der Waals surface area (Å²) >= 11 is 6.15. The number of carbonyl (C=O) groups excluding carboxylic acids is 1. The van der Waals surface area contributed by atoms with E-state index in [2.05, 4.69) is 4.98 Å². The van der Waals surface area contributed by atoms with E-state index in [0.717, 1.165) is 17.7 Å². The lowest BCUT2D eigenvalue weighted by Crippen LogP contribution is -2.43. The van der Waals surface area contributed by atoms with E-state index in [-0.39, 0.29) is 18.0 Å². The standard InChI is InChI=1S/C15H23ClN2O/c1-6-12-13(16)7-8-17-14(12)9-15(19)18(10(2)3)11(4)5/h7-8,10-11H,6,9H2,1-5H3. The van der Waals surface area contributed by atoms with E-state index < -0.39 is 0 Å². The van der Waals surface area contributed by atoms with Crippen LogP contribution in [0, 0.1) is 0 Å². The van der Waals surface area contributed by atoms with Crippen LogP contribution < -0.4 is 0 Å². The molecule has 0 N–H and O–H groups in total. The summed E-state index contributed by atoms with van der Waals surface area (Å²) in [5.74, 6) is 0.106. The topological polar surface area (TPSA) is 33.2 Å². The molecule has 0 atom stereocenters. The molecule has 4 heteroatoms. The van der Waals surface area contributed by atoms with Crippen LogP contribution in [0.4, 0.5) is 0 Å². The number of nitrogens with zero attached hydrogens (tertiary/aromatic N) is 2. The summed E-state index contributed by atoms with van der Waals surface area (Å²) in [6.07, 6.45) is 2.78. The molecular formula is C15H23ClN2O. The molecule has 0 saturated carbocycles. The minimum atomic E-state index is 0.106. The Morgan fingerprint density at radius 3 is 2.37 bits per heavy atom. The number of pyridine rings is 1. The lowest BCUT2D eigenvalue weighted by molar-refractivity contribution is -0.134. The van der Waals surface area contributed by atoms with Crippen molar-refractivity contribution in [3.8, 4) is 0 Å². The molecule has 19 heavy (non-hydrogen) atoms. The Morgan fingerprint density at radius 2 is 1.89 bits per heavy atom. The number of carbonyl (C=O) groups is 1. The molecule has 0 fully saturated rings. The van der Waals surface area contributed by atoms with E-state index in [4.69, 9.17) is 11.6 Å². The van der Waals surface area contributed by atoms with Gasteiger partial charge in [-0.25, -0.2) is 0 Å². The molecule has 1 aromatic rings. The van der Waals surface area contributed by atoms with E-state index in [1.54, 1.807) is 12.3 Å². The van der Waals surface area contributed by atoms with Crippen LogP contribution in [0.25, 0.3) is 0 Å². The normalized spacial score (nSPS) is 11.2. The maximum Gasteiger partial charge on any atom is 0.229 e. The SMILES string of the molecule is CCc1c(Cl)ccnc1CC(=O)N(C(C)C)C(C)C. The fourth-order valence-corrected chi connectivity index (χ4v) is 2.74. The van der Waals surface area contributed by atoms with Gasteiger partial charge in [0.1, 0.15) is 0 Å². The van der Waals surface area contributed by atoms with Gasteiger partial charge in [0.15, 0.2) is 0 Å². The van der Waals surface area contributed by atoms with Gasteiger partial charge in [-0.05, 0) is 45.7 Å². The average molecular weight is 283 g/mol. The van der Waals surface area contributed by atoms with E-state index >= 15 is 0 Å². The van der Waals surface area contributed by atoms with Crippen molar-refractivity contribution < 1.29 is 4.79 Å². The highest BCUT2D eigenvalue weighted by molar-refractivity contribution is 6.31. The molecule has 0 aliphatic carbocycles. The first kappa shape index (κ1) is 16.0. The van der Waals surface area contributed by atoms with Crippen LogP contribution >= 0.6 is 11.6 Å². The minimum absolute atomic E-state index is 0.106. The number of hydrogen-bond donors (Lipinski definition) is 0. The van der Waals surface area contributed by atoms with Crippen molar-refractivity contribution in [3.63, 3.8) is 0 Å². The fourth-order valence-electron chi connectivity index (χ4n) is 2.44. The Hall–Kier alpha value is -1.09. The van der Waals surface area contributed by atoms with Gasteiger partial charge in [-0.1, -0.05) is 18.5 Å². The highest BCUT2D eigenvalue weighted by Gasteiger charge is 2.21. The zero-order valence-corrected chi connectivity index (χ0v) is 13.2. The van der Waals surface area contributed by atoms with Gasteiger partial charge >= 0.3 is 0 Å². The summed E-state index contributed by atoms with van der Waals surface area (Å²) in [5.41, 5.74) is 1.77. The molecule has 0 aliphatic rings. The van der Waals surface area contributed by atoms with Gasteiger partial charge in [0.2, 0.25) is 5.91 Å². The summed E-state index contributed by atoms with van der Waals surface area (Å²) in [6, 6.07) is 2.16. The van der Waals surface area contributed by atoms with Crippen LogP contribution in [0.1, 0.15) is 45.9 Å². The van der Waals surface area contributed by atoms with Gasteiger partial charge in [-0.15, -0.1) is 0 Å². The molecule has 1 rings (SSSR count). The van der Waals surface area contributed by atoms with Gasteiger partial charge in [0.05, 0.1) is 12.1 Å². The minimum Gasteiger partial charge on any atom is -0.338 e. The van der Waals surface area contributed by atoms with Crippen molar-refractivity contribution in [1.29, 1.82) is 0 Å². The van der Waals surface area contributed by atoms with E-state index in [1.165, 1.54) is 0 Å². The number of amides is 1. The smallest absolute Gasteiger partial charge is 0.229 e. The van der Waals surface area contributed by atoms with Crippen molar-refractivity contribution in [3.05, 3.63) is 28.5 Å². The van der Waals surface area contributed by atoms with Crippen molar-refractivity contribution >= 4 is 17.5 Å². The maximum absolute atomic E-state index is 12.4. The quantitative estimate of drug-likeness (QED) is 0.828. The molecular weight excluding hydrogens is 260 g/mol. The highest BCUT2D eigenvalue weighted by Crippen LogP contribution is 2.20. The average Bonchev–Trinajstić information content (AvgIpc) is 2.27. The third-order valence-corrected chi connectivity index (χ3v) is 3.51. The molecule has 106 valence electrons. The molecule has 1 amide bonds. The fraction of sp³-hybridized carbons (Fsp3) is 0.600. The van der Waals surface area contributed by atoms with Crippen molar-refractivity contribution in [1.82, 2.24) is 9.88 Å². The van der Waals surface area contributed by atoms with Crippen LogP contribution in [-0.4, -0.2) is 27.9 Å². The Labute approximate surface area is 121 Å². The Balaban J connectivity index is 2.96. The zero-order valence-electron chi connectivity index (χ0n) is 12.4. The van der Waals surface area contributed by atoms with Crippen LogP contribution in [-0.2, 0) is 17.6 Å². The van der Waals surface area contributed by atoms with Crippen LogP contribution in [0.5, 0.6) is 0 Å². The molecule has 0 saturated heterocycles. The number of aromatic nitrogens is 1. The van der Waals surface area contributed by atoms with E-state index in [9.17, 15) is 4.79 Å². The molecule has 1 aromatic heterocycles. The van der Waals surface area contributed by atoms with Crippen molar-refractivity contribution in [2.45, 2.75) is 59.5 Å². The Morgan fingerprint density at radius 1 is 1.32 bits per heavy atom. The second-order valence-electron chi connectivity index (χ2n) is 5.24. The molecule has 0 unspecified atom stereocenters. The van der Waals surface area contributed by atoms with Gasteiger partial charge in [-0.3, -0.25) is 9.78 Å². The van der Waals surface area contributed by atoms with Gasteiger partial charge in [0.25, 0.3) is 0 Å². The number of halogens is 1. The summed E-state index contributed by atoms with van der Waals surface area (Å²) < 4.78 is 0. The molecule has 0 bridgehead atoms. The van der Waals surface area contributed by atoms with E-state index in [0.29, 0.717) is 11.4 Å². The third kappa shape index (κ3) is 3.93. The Kier molecular flexibility index (Phi) is 5.80. The highest BCUT2D eigenvalue weighted by atomic mass is 35.5. The zero-order chi connectivity index (χ0) is 14.6. The summed E-state index contributed by atoms with van der Waals surface area (Å²) in [7, 11) is 0. The first-order chi connectivity index (χ1) is 8.88. The lowest BCUT2D eigenvalue weighted by Gasteiger charge is -2.31.